The van der Waals surface area contributed by atoms with Crippen molar-refractivity contribution in [1.82, 2.24) is 5.32 Å². The minimum atomic E-state index is -0.535. The summed E-state index contributed by atoms with van der Waals surface area (Å²) in [5.74, 6) is 5.19. The van der Waals surface area contributed by atoms with Gasteiger partial charge in [0.25, 0.3) is 0 Å². The fourth-order valence-corrected chi connectivity index (χ4v) is 3.98. The number of benzene rings is 3. The summed E-state index contributed by atoms with van der Waals surface area (Å²) in [5.41, 5.74) is 5.50. The SMILES string of the molecule is COC(=O)c1cc(C#CCNC(=O)OCC2c3ccccc3-c3ccccc32)ccc1Cl. The van der Waals surface area contributed by atoms with Gasteiger partial charge in [-0.1, -0.05) is 72.0 Å². The zero-order valence-corrected chi connectivity index (χ0v) is 18.1. The molecule has 0 aliphatic heterocycles. The lowest BCUT2D eigenvalue weighted by atomic mass is 9.98. The van der Waals surface area contributed by atoms with Gasteiger partial charge in [-0.2, -0.15) is 0 Å². The number of amides is 1. The Labute approximate surface area is 191 Å². The predicted molar refractivity (Wildman–Crippen MR) is 123 cm³/mol. The number of carbonyl (C=O) groups excluding carboxylic acids is 2. The number of alkyl carbamates (subject to hydrolysis) is 1. The Hall–Kier alpha value is -3.75. The third kappa shape index (κ3) is 4.46. The van der Waals surface area contributed by atoms with E-state index < -0.39 is 12.1 Å². The van der Waals surface area contributed by atoms with Gasteiger partial charge in [0.1, 0.15) is 6.61 Å². The van der Waals surface area contributed by atoms with E-state index in [2.05, 4.69) is 41.4 Å². The summed E-state index contributed by atoms with van der Waals surface area (Å²) in [6.45, 7) is 0.347. The zero-order valence-electron chi connectivity index (χ0n) is 17.4. The second-order valence-corrected chi connectivity index (χ2v) is 7.57. The molecule has 0 spiro atoms. The molecule has 0 heterocycles. The Kier molecular flexibility index (Phi) is 6.44. The Balaban J connectivity index is 1.34. The van der Waals surface area contributed by atoms with Crippen LogP contribution >= 0.6 is 11.6 Å². The van der Waals surface area contributed by atoms with Gasteiger partial charge >= 0.3 is 12.1 Å². The van der Waals surface area contributed by atoms with Crippen LogP contribution < -0.4 is 5.32 Å². The van der Waals surface area contributed by atoms with E-state index in [-0.39, 0.29) is 24.6 Å². The highest BCUT2D eigenvalue weighted by molar-refractivity contribution is 6.33. The molecule has 1 aliphatic rings. The number of nitrogens with one attached hydrogen (secondary N) is 1. The van der Waals surface area contributed by atoms with Crippen molar-refractivity contribution >= 4 is 23.7 Å². The molecule has 32 heavy (non-hydrogen) atoms. The molecule has 3 aromatic carbocycles. The van der Waals surface area contributed by atoms with E-state index >= 15 is 0 Å². The van der Waals surface area contributed by atoms with E-state index in [0.29, 0.717) is 10.6 Å². The number of methoxy groups -OCH3 is 1. The molecule has 0 saturated heterocycles. The van der Waals surface area contributed by atoms with Crippen LogP contribution in [0.2, 0.25) is 5.02 Å². The summed E-state index contributed by atoms with van der Waals surface area (Å²) >= 11 is 6.00. The summed E-state index contributed by atoms with van der Waals surface area (Å²) in [4.78, 5) is 23.9. The van der Waals surface area contributed by atoms with Gasteiger partial charge in [0.15, 0.2) is 0 Å². The maximum Gasteiger partial charge on any atom is 0.407 e. The summed E-state index contributed by atoms with van der Waals surface area (Å²) < 4.78 is 10.2. The molecule has 4 rings (SSSR count). The highest BCUT2D eigenvalue weighted by atomic mass is 35.5. The summed E-state index contributed by atoms with van der Waals surface area (Å²) in [6.07, 6.45) is -0.535. The fraction of sp³-hybridized carbons (Fsp3) is 0.154. The largest absolute Gasteiger partial charge is 0.465 e. The molecule has 0 aromatic heterocycles. The van der Waals surface area contributed by atoms with Gasteiger partial charge in [0, 0.05) is 11.5 Å². The average molecular weight is 446 g/mol. The molecule has 1 N–H and O–H groups in total. The van der Waals surface area contributed by atoms with E-state index in [9.17, 15) is 9.59 Å². The number of hydrogen-bond donors (Lipinski definition) is 1. The fourth-order valence-electron chi connectivity index (χ4n) is 3.78. The molecule has 0 atom stereocenters. The van der Waals surface area contributed by atoms with Crippen molar-refractivity contribution in [2.45, 2.75) is 5.92 Å². The number of fused-ring (bicyclic) bond motifs is 3. The lowest BCUT2D eigenvalue weighted by Gasteiger charge is -2.14. The van der Waals surface area contributed by atoms with Gasteiger partial charge in [-0.3, -0.25) is 0 Å². The Morgan fingerprint density at radius 3 is 2.31 bits per heavy atom. The number of rotatable bonds is 4. The van der Waals surface area contributed by atoms with Gasteiger partial charge in [-0.25, -0.2) is 9.59 Å². The van der Waals surface area contributed by atoms with Crippen molar-refractivity contribution in [2.75, 3.05) is 20.3 Å². The lowest BCUT2D eigenvalue weighted by molar-refractivity contribution is 0.0601. The molecular formula is C26H20ClNO4. The Morgan fingerprint density at radius 1 is 1.00 bits per heavy atom. The molecule has 0 fully saturated rings. The smallest absolute Gasteiger partial charge is 0.407 e. The molecule has 0 unspecified atom stereocenters. The average Bonchev–Trinajstić information content (AvgIpc) is 3.14. The number of halogens is 1. The predicted octanol–water partition coefficient (Wildman–Crippen LogP) is 5.02. The first kappa shape index (κ1) is 21.5. The molecule has 6 heteroatoms. The molecule has 3 aromatic rings. The molecular weight excluding hydrogens is 426 g/mol. The number of ether oxygens (including phenoxy) is 2. The summed E-state index contributed by atoms with van der Waals surface area (Å²) in [6, 6.07) is 21.2. The highest BCUT2D eigenvalue weighted by Gasteiger charge is 2.28. The highest BCUT2D eigenvalue weighted by Crippen LogP contribution is 2.44. The normalized spacial score (nSPS) is 11.6. The van der Waals surface area contributed by atoms with Crippen molar-refractivity contribution in [3.63, 3.8) is 0 Å². The van der Waals surface area contributed by atoms with Crippen molar-refractivity contribution in [2.24, 2.45) is 0 Å². The van der Waals surface area contributed by atoms with Crippen LogP contribution in [0.4, 0.5) is 4.79 Å². The third-order valence-corrected chi connectivity index (χ3v) is 5.60. The first-order valence-corrected chi connectivity index (χ1v) is 10.4. The van der Waals surface area contributed by atoms with Crippen LogP contribution in [-0.4, -0.2) is 32.3 Å². The second kappa shape index (κ2) is 9.59. The molecule has 0 bridgehead atoms. The van der Waals surface area contributed by atoms with Crippen LogP contribution in [0.1, 0.15) is 33.0 Å². The van der Waals surface area contributed by atoms with Crippen LogP contribution in [-0.2, 0) is 9.47 Å². The maximum atomic E-state index is 12.2. The van der Waals surface area contributed by atoms with Crippen LogP contribution in [0.25, 0.3) is 11.1 Å². The van der Waals surface area contributed by atoms with Crippen molar-refractivity contribution in [3.8, 4) is 23.0 Å². The van der Waals surface area contributed by atoms with Gasteiger partial charge < -0.3 is 14.8 Å². The number of carbonyl (C=O) groups is 2. The first-order valence-electron chi connectivity index (χ1n) is 10.0. The Morgan fingerprint density at radius 2 is 1.66 bits per heavy atom. The minimum Gasteiger partial charge on any atom is -0.465 e. The quantitative estimate of drug-likeness (QED) is 0.452. The standard InChI is InChI=1S/C26H20ClNO4/c1-31-25(29)22-15-17(12-13-24(22)27)7-6-14-28-26(30)32-16-23-20-10-4-2-8-18(20)19-9-3-5-11-21(19)23/h2-5,8-13,15,23H,14,16H2,1H3,(H,28,30). The second-order valence-electron chi connectivity index (χ2n) is 7.17. The lowest BCUT2D eigenvalue weighted by Crippen LogP contribution is -2.26. The van der Waals surface area contributed by atoms with Crippen LogP contribution in [0, 0.1) is 11.8 Å². The molecule has 5 nitrogen and oxygen atoms in total. The van der Waals surface area contributed by atoms with Gasteiger partial charge in [-0.15, -0.1) is 0 Å². The molecule has 1 aliphatic carbocycles. The number of esters is 1. The van der Waals surface area contributed by atoms with Crippen LogP contribution in [0.3, 0.4) is 0 Å². The van der Waals surface area contributed by atoms with Crippen molar-refractivity contribution < 1.29 is 19.1 Å². The molecule has 160 valence electrons. The Bertz CT molecular complexity index is 1200. The molecule has 0 radical (unpaired) electrons. The zero-order chi connectivity index (χ0) is 22.5. The monoisotopic (exact) mass is 445 g/mol. The first-order chi connectivity index (χ1) is 15.6. The third-order valence-electron chi connectivity index (χ3n) is 5.27. The van der Waals surface area contributed by atoms with Crippen LogP contribution in [0.5, 0.6) is 0 Å². The van der Waals surface area contributed by atoms with Gasteiger partial charge in [0.05, 0.1) is 24.2 Å². The van der Waals surface area contributed by atoms with E-state index in [0.717, 1.165) is 11.1 Å². The number of hydrogen-bond acceptors (Lipinski definition) is 4. The van der Waals surface area contributed by atoms with Crippen molar-refractivity contribution in [3.05, 3.63) is 94.0 Å². The topological polar surface area (TPSA) is 64.6 Å². The van der Waals surface area contributed by atoms with E-state index in [1.165, 1.54) is 18.2 Å². The van der Waals surface area contributed by atoms with Gasteiger partial charge in [-0.05, 0) is 40.5 Å². The van der Waals surface area contributed by atoms with E-state index in [1.54, 1.807) is 18.2 Å². The molecule has 1 amide bonds. The van der Waals surface area contributed by atoms with Crippen LogP contribution in [0.15, 0.2) is 66.7 Å². The van der Waals surface area contributed by atoms with Gasteiger partial charge in [0.2, 0.25) is 0 Å². The molecule has 0 saturated carbocycles. The van der Waals surface area contributed by atoms with E-state index in [4.69, 9.17) is 21.1 Å². The minimum absolute atomic E-state index is 0.00467. The summed E-state index contributed by atoms with van der Waals surface area (Å²) in [5, 5.41) is 2.92. The van der Waals surface area contributed by atoms with Crippen molar-refractivity contribution in [1.29, 1.82) is 0 Å². The maximum absolute atomic E-state index is 12.2. The van der Waals surface area contributed by atoms with E-state index in [1.807, 2.05) is 24.3 Å². The summed E-state index contributed by atoms with van der Waals surface area (Å²) in [7, 11) is 1.29.